The minimum atomic E-state index is -1.43. The first kappa shape index (κ1) is 27.3. The highest BCUT2D eigenvalue weighted by molar-refractivity contribution is 7.99. The molecular weight excluding hydrogens is 544 g/mol. The van der Waals surface area contributed by atoms with Gasteiger partial charge in [0.15, 0.2) is 5.82 Å². The molecule has 0 amide bonds. The van der Waals surface area contributed by atoms with Crippen molar-refractivity contribution in [2.24, 2.45) is 10.6 Å². The number of hydrogen-bond acceptors (Lipinski definition) is 9. The van der Waals surface area contributed by atoms with Crippen LogP contribution in [-0.2, 0) is 24.1 Å². The van der Waals surface area contributed by atoms with E-state index in [0.717, 1.165) is 49.5 Å². The van der Waals surface area contributed by atoms with Crippen LogP contribution in [0.5, 0.6) is 0 Å². The summed E-state index contributed by atoms with van der Waals surface area (Å²) in [5, 5.41) is 21.7. The number of aliphatic hydroxyl groups is 1. The number of halogens is 1. The van der Waals surface area contributed by atoms with Crippen LogP contribution in [0.2, 0.25) is 5.02 Å². The molecule has 10 nitrogen and oxygen atoms in total. The van der Waals surface area contributed by atoms with E-state index in [-0.39, 0.29) is 23.8 Å². The minimum absolute atomic E-state index is 0.00635. The Morgan fingerprint density at radius 2 is 2.00 bits per heavy atom. The Morgan fingerprint density at radius 3 is 2.68 bits per heavy atom. The average molecular weight is 577 g/mol. The molecule has 5 heterocycles. The van der Waals surface area contributed by atoms with Crippen LogP contribution in [-0.4, -0.2) is 51.9 Å². The Morgan fingerprint density at radius 1 is 1.26 bits per heavy atom. The number of fused-ring (bicyclic) bond motifs is 1. The topological polar surface area (TPSA) is 149 Å². The van der Waals surface area contributed by atoms with Crippen molar-refractivity contribution in [3.8, 4) is 0 Å². The second kappa shape index (κ2) is 10.4. The maximum absolute atomic E-state index is 12.3. The van der Waals surface area contributed by atoms with Crippen LogP contribution < -0.4 is 15.8 Å². The van der Waals surface area contributed by atoms with Gasteiger partial charge in [-0.25, -0.2) is 19.2 Å². The molecule has 0 aliphatic carbocycles. The number of pyridine rings is 1. The fourth-order valence-corrected chi connectivity index (χ4v) is 7.10. The summed E-state index contributed by atoms with van der Waals surface area (Å²) in [5.41, 5.74) is 8.33. The van der Waals surface area contributed by atoms with Gasteiger partial charge in [0.1, 0.15) is 16.5 Å². The van der Waals surface area contributed by atoms with E-state index in [4.69, 9.17) is 32.4 Å². The zero-order valence-corrected chi connectivity index (χ0v) is 24.1. The number of aliphatic hydroxyl groups excluding tert-OH is 1. The van der Waals surface area contributed by atoms with Crippen molar-refractivity contribution < 1.29 is 9.32 Å². The van der Waals surface area contributed by atoms with E-state index < -0.39 is 15.7 Å². The van der Waals surface area contributed by atoms with Gasteiger partial charge in [0.25, 0.3) is 0 Å². The number of aromatic nitrogens is 5. The third kappa shape index (κ3) is 4.92. The Kier molecular flexibility index (Phi) is 7.46. The van der Waals surface area contributed by atoms with Gasteiger partial charge in [-0.05, 0) is 52.2 Å². The summed E-state index contributed by atoms with van der Waals surface area (Å²) in [6, 6.07) is 3.87. The Balaban J connectivity index is 1.37. The number of nitrogen functional groups attached to an aromatic ring is 1. The summed E-state index contributed by atoms with van der Waals surface area (Å²) in [4.78, 5) is 16.6. The third-order valence-electron chi connectivity index (χ3n) is 7.92. The molecule has 0 saturated carbocycles. The van der Waals surface area contributed by atoms with E-state index in [2.05, 4.69) is 25.7 Å². The van der Waals surface area contributed by atoms with Gasteiger partial charge >= 0.3 is 0 Å². The zero-order chi connectivity index (χ0) is 27.2. The van der Waals surface area contributed by atoms with Crippen molar-refractivity contribution in [2.45, 2.75) is 73.8 Å². The smallest absolute Gasteiger partial charge is 0.153 e. The van der Waals surface area contributed by atoms with Crippen LogP contribution in [0.25, 0.3) is 0 Å². The summed E-state index contributed by atoms with van der Waals surface area (Å²) in [5.74, 6) is 1.19. The molecule has 1 fully saturated rings. The second-order valence-corrected chi connectivity index (χ2v) is 13.8. The Labute approximate surface area is 234 Å². The molecule has 13 heteroatoms. The van der Waals surface area contributed by atoms with E-state index in [1.165, 1.54) is 17.5 Å². The number of aryl methyl sites for hydroxylation is 1. The first-order valence-electron chi connectivity index (χ1n) is 12.5. The fourth-order valence-electron chi connectivity index (χ4n) is 5.66. The van der Waals surface area contributed by atoms with Crippen LogP contribution in [0.4, 0.5) is 11.6 Å². The standard InChI is InChI=1S/C25H33ClN8O2S2/c1-15-23(37-19-5-8-29-21(27)20(19)26)32-17(13-35)22(31-15)33-10-6-25(7-11-33)14-34-18(4-9-30-34)16(25)12-24(2,3)38(28)36/h4-5,8-9,16,35H,6-7,10-14,28H2,1-3H3,(H2,27,29)/t16-,38?/m1/s1. The van der Waals surface area contributed by atoms with Crippen LogP contribution in [0, 0.1) is 12.3 Å². The lowest BCUT2D eigenvalue weighted by molar-refractivity contribution is 0.155. The first-order valence-corrected chi connectivity index (χ1v) is 14.9. The lowest BCUT2D eigenvalue weighted by Gasteiger charge is -2.44. The van der Waals surface area contributed by atoms with Crippen LogP contribution >= 0.6 is 23.4 Å². The summed E-state index contributed by atoms with van der Waals surface area (Å²) >= 11 is 7.69. The molecule has 1 unspecified atom stereocenters. The molecule has 3 aromatic rings. The maximum atomic E-state index is 12.3. The molecule has 5 N–H and O–H groups in total. The lowest BCUT2D eigenvalue weighted by atomic mass is 9.67. The summed E-state index contributed by atoms with van der Waals surface area (Å²) in [7, 11) is -1.43. The predicted octanol–water partition coefficient (Wildman–Crippen LogP) is 3.43. The Hall–Kier alpha value is -2.25. The van der Waals surface area contributed by atoms with Gasteiger partial charge in [0.2, 0.25) is 0 Å². The van der Waals surface area contributed by atoms with E-state index in [0.29, 0.717) is 21.6 Å². The SMILES string of the molecule is Cc1nc(N2CCC3(CC2)Cn2nccc2[C@H]3CC(C)(C)S(N)=O)c(CO)nc1Sc1ccnc(N)c1Cl. The summed E-state index contributed by atoms with van der Waals surface area (Å²) in [6.45, 7) is 8.02. The quantitative estimate of drug-likeness (QED) is 0.384. The molecular formula is C25H33ClN8O2S2. The van der Waals surface area contributed by atoms with Crippen LogP contribution in [0.3, 0.4) is 0 Å². The van der Waals surface area contributed by atoms with E-state index in [1.807, 2.05) is 27.0 Å². The molecule has 2 aliphatic heterocycles. The van der Waals surface area contributed by atoms with Gasteiger partial charge < -0.3 is 15.7 Å². The van der Waals surface area contributed by atoms with Crippen molar-refractivity contribution >= 4 is 46.0 Å². The second-order valence-electron chi connectivity index (χ2n) is 10.7. The van der Waals surface area contributed by atoms with Gasteiger partial charge in [0, 0.05) is 54.0 Å². The van der Waals surface area contributed by atoms with Gasteiger partial charge in [-0.1, -0.05) is 23.4 Å². The number of nitrogens with zero attached hydrogens (tertiary/aromatic N) is 6. The van der Waals surface area contributed by atoms with Crippen molar-refractivity contribution in [2.75, 3.05) is 23.7 Å². The van der Waals surface area contributed by atoms with Gasteiger partial charge in [-0.15, -0.1) is 0 Å². The van der Waals surface area contributed by atoms with Crippen LogP contribution in [0.1, 0.15) is 56.1 Å². The highest BCUT2D eigenvalue weighted by Gasteiger charge is 2.50. The summed E-state index contributed by atoms with van der Waals surface area (Å²) in [6.07, 6.45) is 6.02. The maximum Gasteiger partial charge on any atom is 0.153 e. The van der Waals surface area contributed by atoms with Gasteiger partial charge in [0.05, 0.1) is 33.1 Å². The van der Waals surface area contributed by atoms with Crippen molar-refractivity contribution in [1.82, 2.24) is 24.7 Å². The molecule has 1 saturated heterocycles. The molecule has 0 radical (unpaired) electrons. The van der Waals surface area contributed by atoms with Gasteiger partial charge in [-0.2, -0.15) is 5.10 Å². The van der Waals surface area contributed by atoms with E-state index in [9.17, 15) is 9.32 Å². The monoisotopic (exact) mass is 576 g/mol. The zero-order valence-electron chi connectivity index (χ0n) is 21.7. The first-order chi connectivity index (χ1) is 18.0. The number of piperidine rings is 1. The van der Waals surface area contributed by atoms with E-state index in [1.54, 1.807) is 12.3 Å². The predicted molar refractivity (Wildman–Crippen MR) is 150 cm³/mol. The lowest BCUT2D eigenvalue weighted by Crippen LogP contribution is -2.45. The third-order valence-corrected chi connectivity index (χ3v) is 10.8. The molecule has 0 aromatic carbocycles. The number of anilines is 2. The average Bonchev–Trinajstić information content (AvgIpc) is 3.43. The van der Waals surface area contributed by atoms with Crippen molar-refractivity contribution in [3.05, 3.63) is 46.6 Å². The molecule has 0 bridgehead atoms. The van der Waals surface area contributed by atoms with Crippen molar-refractivity contribution in [3.63, 3.8) is 0 Å². The molecule has 5 rings (SSSR count). The number of rotatable bonds is 7. The molecule has 2 aliphatic rings. The Bertz CT molecular complexity index is 1370. The fraction of sp³-hybridized carbons (Fsp3) is 0.520. The van der Waals surface area contributed by atoms with E-state index >= 15 is 0 Å². The largest absolute Gasteiger partial charge is 0.390 e. The number of hydrogen-bond donors (Lipinski definition) is 3. The molecule has 3 aromatic heterocycles. The highest BCUT2D eigenvalue weighted by atomic mass is 35.5. The molecule has 204 valence electrons. The molecule has 2 atom stereocenters. The van der Waals surface area contributed by atoms with Crippen molar-refractivity contribution in [1.29, 1.82) is 0 Å². The van der Waals surface area contributed by atoms with Crippen LogP contribution in [0.15, 0.2) is 34.4 Å². The summed E-state index contributed by atoms with van der Waals surface area (Å²) < 4.78 is 13.9. The molecule has 38 heavy (non-hydrogen) atoms. The highest BCUT2D eigenvalue weighted by Crippen LogP contribution is 2.54. The van der Waals surface area contributed by atoms with Gasteiger partial charge in [-0.3, -0.25) is 9.82 Å². The number of nitrogens with two attached hydrogens (primary N) is 2. The normalized spacial score (nSPS) is 19.6. The molecule has 1 spiro atoms. The minimum Gasteiger partial charge on any atom is -0.390 e.